The van der Waals surface area contributed by atoms with Crippen LogP contribution in [-0.4, -0.2) is 25.9 Å². The van der Waals surface area contributed by atoms with Crippen molar-refractivity contribution in [3.8, 4) is 0 Å². The summed E-state index contributed by atoms with van der Waals surface area (Å²) in [5, 5.41) is 0. The zero-order chi connectivity index (χ0) is 4.50. The van der Waals surface area contributed by atoms with Gasteiger partial charge in [-0.25, -0.2) is 0 Å². The molecule has 7 heavy (non-hydrogen) atoms. The molecule has 0 aromatic carbocycles. The summed E-state index contributed by atoms with van der Waals surface area (Å²) in [6.45, 7) is 0. The van der Waals surface area contributed by atoms with Crippen molar-refractivity contribution in [2.75, 3.05) is 0 Å². The molecular weight excluding hydrogens is 238 g/mol. The quantitative estimate of drug-likeness (QED) is 0.412. The van der Waals surface area contributed by atoms with E-state index >= 15 is 0 Å². The van der Waals surface area contributed by atoms with Gasteiger partial charge in [0.25, 0.3) is 0 Å². The Morgan fingerprint density at radius 3 is 1.00 bits per heavy atom. The molecule has 0 amide bonds. The van der Waals surface area contributed by atoms with Crippen LogP contribution in [-0.2, 0) is 6.21 Å². The first-order valence-corrected chi connectivity index (χ1v) is 4.69. The van der Waals surface area contributed by atoms with Crippen molar-refractivity contribution in [2.45, 2.75) is 0 Å². The Hall–Kier alpha value is 2.31. The van der Waals surface area contributed by atoms with Crippen molar-refractivity contribution >= 4 is 19.0 Å². The van der Waals surface area contributed by atoms with Crippen LogP contribution >= 0.6 is 0 Å². The topological polar surface area (TPSA) is 74.6 Å². The van der Waals surface area contributed by atoms with Crippen molar-refractivity contribution in [1.82, 2.24) is 0 Å². The van der Waals surface area contributed by atoms with Gasteiger partial charge < -0.3 is 0 Å². The van der Waals surface area contributed by atoms with Gasteiger partial charge in [-0.2, -0.15) is 0 Å². The Balaban J connectivity index is -0.0000000800. The summed E-state index contributed by atoms with van der Waals surface area (Å²) in [5.74, 6) is 0. The first-order chi connectivity index (χ1) is 2.00. The molecule has 0 atom stereocenters. The summed E-state index contributed by atoms with van der Waals surface area (Å²) >= 11 is -5.52. The Morgan fingerprint density at radius 2 is 1.00 bits per heavy atom. The second-order valence-corrected chi connectivity index (χ2v) is 3.00. The predicted molar refractivity (Wildman–Crippen MR) is 11.6 cm³/mol. The summed E-state index contributed by atoms with van der Waals surface area (Å²) in [7, 11) is 0. The normalized spacial score (nSPS) is 8.29. The maximum atomic E-state index is 8.85. The van der Waals surface area contributed by atoms with E-state index in [1.807, 2.05) is 0 Å². The molecule has 0 aliphatic carbocycles. The Labute approximate surface area is 89.5 Å². The van der Waals surface area contributed by atoms with Crippen LogP contribution in [0.25, 0.3) is 0 Å². The van der Waals surface area contributed by atoms with Gasteiger partial charge in [-0.05, 0) is 0 Å². The summed E-state index contributed by atoms with van der Waals surface area (Å²) < 4.78 is 32.0. The maximum absolute atomic E-state index is 8.85. The maximum Gasteiger partial charge on any atom is 1.00 e. The molecule has 0 unspecified atom stereocenters. The molecule has 2 N–H and O–H groups in total. The SMILES string of the molecule is O=[Te](=O)(O)O.[Na+].[Na+]. The van der Waals surface area contributed by atoms with Crippen molar-refractivity contribution in [3.63, 3.8) is 0 Å². The van der Waals surface area contributed by atoms with Gasteiger partial charge >= 0.3 is 91.2 Å². The van der Waals surface area contributed by atoms with E-state index in [1.54, 1.807) is 0 Å². The minimum absolute atomic E-state index is 0. The first kappa shape index (κ1) is 16.1. The van der Waals surface area contributed by atoms with E-state index in [9.17, 15) is 0 Å². The molecule has 0 rings (SSSR count). The molecule has 0 bridgehead atoms. The average Bonchev–Trinajstić information content (AvgIpc) is 0.722. The molecule has 0 saturated carbocycles. The van der Waals surface area contributed by atoms with Gasteiger partial charge in [-0.3, -0.25) is 0 Å². The average molecular weight is 240 g/mol. The molecular formula is H2Na2O4Te+2. The van der Waals surface area contributed by atoms with E-state index < -0.39 is 19.0 Å². The number of hydrogen-bond donors (Lipinski definition) is 2. The van der Waals surface area contributed by atoms with E-state index in [2.05, 4.69) is 0 Å². The third-order valence-corrected chi connectivity index (χ3v) is 0. The standard InChI is InChI=1S/2Na.H2O4Te/c;;1-5(2,3)4/h;;(H2,1,2,3,4)/q2*+1;. The second-order valence-electron chi connectivity index (χ2n) is 0.448. The van der Waals surface area contributed by atoms with E-state index in [0.717, 1.165) is 0 Å². The van der Waals surface area contributed by atoms with Crippen LogP contribution in [0, 0.1) is 0 Å². The number of hydrogen-bond acceptors (Lipinski definition) is 2. The van der Waals surface area contributed by atoms with E-state index in [1.165, 1.54) is 0 Å². The molecule has 0 radical (unpaired) electrons. The van der Waals surface area contributed by atoms with E-state index in [0.29, 0.717) is 0 Å². The summed E-state index contributed by atoms with van der Waals surface area (Å²) in [5.41, 5.74) is 0. The van der Waals surface area contributed by atoms with E-state index in [4.69, 9.17) is 13.2 Å². The Bertz CT molecular complexity index is 92.9. The molecule has 4 nitrogen and oxygen atoms in total. The molecule has 7 heteroatoms. The molecule has 0 aromatic heterocycles. The zero-order valence-electron chi connectivity index (χ0n) is 4.12. The van der Waals surface area contributed by atoms with Crippen molar-refractivity contribution in [1.29, 1.82) is 0 Å². The number of rotatable bonds is 0. The van der Waals surface area contributed by atoms with E-state index in [-0.39, 0.29) is 59.1 Å². The molecule has 0 saturated heterocycles. The summed E-state index contributed by atoms with van der Waals surface area (Å²) in [6.07, 6.45) is 0. The van der Waals surface area contributed by atoms with Crippen LogP contribution in [0.2, 0.25) is 0 Å². The van der Waals surface area contributed by atoms with Gasteiger partial charge in [-0.15, -0.1) is 0 Å². The fourth-order valence-corrected chi connectivity index (χ4v) is 0. The van der Waals surface area contributed by atoms with Crippen LogP contribution in [0.1, 0.15) is 0 Å². The zero-order valence-corrected chi connectivity index (χ0v) is 10.4. The van der Waals surface area contributed by atoms with Gasteiger partial charge in [-0.1, -0.05) is 0 Å². The van der Waals surface area contributed by atoms with Gasteiger partial charge in [0.1, 0.15) is 0 Å². The fourth-order valence-electron chi connectivity index (χ4n) is 0. The Kier molecular flexibility index (Phi) is 14.8. The van der Waals surface area contributed by atoms with Crippen molar-refractivity contribution in [3.05, 3.63) is 0 Å². The predicted octanol–water partition coefficient (Wildman–Crippen LogP) is -7.72. The van der Waals surface area contributed by atoms with Gasteiger partial charge in [0.05, 0.1) is 0 Å². The van der Waals surface area contributed by atoms with Crippen LogP contribution < -0.4 is 59.1 Å². The third kappa shape index (κ3) is 62.0. The fraction of sp³-hybridized carbons (Fsp3) is 0. The molecule has 0 heterocycles. The van der Waals surface area contributed by atoms with Crippen molar-refractivity contribution < 1.29 is 72.3 Å². The monoisotopic (exact) mass is 242 g/mol. The minimum atomic E-state index is -5.52. The molecule has 0 aromatic rings. The summed E-state index contributed by atoms with van der Waals surface area (Å²) in [4.78, 5) is 0. The Morgan fingerprint density at radius 1 is 1.00 bits per heavy atom. The van der Waals surface area contributed by atoms with Crippen LogP contribution in [0.5, 0.6) is 0 Å². The van der Waals surface area contributed by atoms with Crippen molar-refractivity contribution in [2.24, 2.45) is 0 Å². The van der Waals surface area contributed by atoms with Crippen LogP contribution in [0.15, 0.2) is 0 Å². The first-order valence-electron chi connectivity index (χ1n) is 0.698. The minimum Gasteiger partial charge on any atom is 1.00 e. The molecule has 0 aliphatic rings. The molecule has 32 valence electrons. The molecule has 0 fully saturated rings. The second kappa shape index (κ2) is 6.43. The largest absolute Gasteiger partial charge is 1.00 e. The van der Waals surface area contributed by atoms with Gasteiger partial charge in [0.15, 0.2) is 0 Å². The van der Waals surface area contributed by atoms with Crippen LogP contribution in [0.4, 0.5) is 0 Å². The molecule has 0 spiro atoms. The third-order valence-electron chi connectivity index (χ3n) is 0. The summed E-state index contributed by atoms with van der Waals surface area (Å²) in [6, 6.07) is 0. The van der Waals surface area contributed by atoms with Gasteiger partial charge in [0, 0.05) is 0 Å². The van der Waals surface area contributed by atoms with Gasteiger partial charge in [0.2, 0.25) is 0 Å². The van der Waals surface area contributed by atoms with Crippen LogP contribution in [0.3, 0.4) is 0 Å². The molecule has 0 aliphatic heterocycles. The smallest absolute Gasteiger partial charge is 1.00 e.